The zero-order valence-corrected chi connectivity index (χ0v) is 15.4. The SMILES string of the molecule is CCCCCc1cnc(CCc2ccc(OCCC(C)F)cc2)nc1. The smallest absolute Gasteiger partial charge is 0.128 e. The Bertz CT molecular complexity index is 596. The number of aryl methyl sites for hydroxylation is 3. The number of benzene rings is 1. The summed E-state index contributed by atoms with van der Waals surface area (Å²) in [4.78, 5) is 8.95. The van der Waals surface area contributed by atoms with E-state index >= 15 is 0 Å². The van der Waals surface area contributed by atoms with Crippen LogP contribution in [0.2, 0.25) is 0 Å². The van der Waals surface area contributed by atoms with Crippen LogP contribution in [0, 0.1) is 0 Å². The lowest BCUT2D eigenvalue weighted by atomic mass is 10.1. The minimum Gasteiger partial charge on any atom is -0.493 e. The third-order valence-corrected chi connectivity index (χ3v) is 4.17. The highest BCUT2D eigenvalue weighted by Crippen LogP contribution is 2.14. The number of aromatic nitrogens is 2. The normalized spacial score (nSPS) is 12.1. The van der Waals surface area contributed by atoms with Gasteiger partial charge in [0.25, 0.3) is 0 Å². The summed E-state index contributed by atoms with van der Waals surface area (Å²) in [7, 11) is 0. The number of hydrogen-bond donors (Lipinski definition) is 0. The molecular formula is C21H29FN2O. The lowest BCUT2D eigenvalue weighted by Crippen LogP contribution is -2.04. The molecule has 2 aromatic rings. The largest absolute Gasteiger partial charge is 0.493 e. The molecule has 0 aliphatic heterocycles. The number of unbranched alkanes of at least 4 members (excludes halogenated alkanes) is 2. The molecule has 1 unspecified atom stereocenters. The molecule has 1 aromatic heterocycles. The molecule has 0 spiro atoms. The van der Waals surface area contributed by atoms with Gasteiger partial charge in [-0.3, -0.25) is 0 Å². The molecule has 1 atom stereocenters. The molecule has 136 valence electrons. The van der Waals surface area contributed by atoms with Crippen LogP contribution in [0.5, 0.6) is 5.75 Å². The van der Waals surface area contributed by atoms with Crippen LogP contribution in [-0.2, 0) is 19.3 Å². The van der Waals surface area contributed by atoms with Gasteiger partial charge in [0.05, 0.1) is 6.61 Å². The monoisotopic (exact) mass is 344 g/mol. The highest BCUT2D eigenvalue weighted by molar-refractivity contribution is 5.27. The van der Waals surface area contributed by atoms with E-state index < -0.39 is 6.17 Å². The quantitative estimate of drug-likeness (QED) is 0.531. The summed E-state index contributed by atoms with van der Waals surface area (Å²) < 4.78 is 18.3. The molecule has 3 nitrogen and oxygen atoms in total. The summed E-state index contributed by atoms with van der Waals surface area (Å²) in [6.07, 6.45) is 10.0. The van der Waals surface area contributed by atoms with Gasteiger partial charge in [-0.05, 0) is 49.4 Å². The zero-order chi connectivity index (χ0) is 17.9. The van der Waals surface area contributed by atoms with Crippen molar-refractivity contribution >= 4 is 0 Å². The Hall–Kier alpha value is -1.97. The van der Waals surface area contributed by atoms with Gasteiger partial charge in [-0.1, -0.05) is 31.9 Å². The fraction of sp³-hybridized carbons (Fsp3) is 0.524. The van der Waals surface area contributed by atoms with Gasteiger partial charge in [0.1, 0.15) is 17.7 Å². The van der Waals surface area contributed by atoms with Crippen LogP contribution in [-0.4, -0.2) is 22.7 Å². The van der Waals surface area contributed by atoms with Crippen molar-refractivity contribution in [2.45, 2.75) is 65.0 Å². The molecule has 1 heterocycles. The standard InChI is InChI=1S/C21H29FN2O/c1-3-4-5-6-19-15-23-21(24-16-19)12-9-18-7-10-20(11-8-18)25-14-13-17(2)22/h7-8,10-11,15-17H,3-6,9,12-14H2,1-2H3. The van der Waals surface area contributed by atoms with Crippen molar-refractivity contribution in [3.8, 4) is 5.75 Å². The number of rotatable bonds is 11. The first-order valence-corrected chi connectivity index (χ1v) is 9.33. The third kappa shape index (κ3) is 7.63. The summed E-state index contributed by atoms with van der Waals surface area (Å²) in [5.41, 5.74) is 2.45. The summed E-state index contributed by atoms with van der Waals surface area (Å²) in [6, 6.07) is 7.98. The van der Waals surface area contributed by atoms with E-state index in [1.807, 2.05) is 36.7 Å². The van der Waals surface area contributed by atoms with Crippen LogP contribution >= 0.6 is 0 Å². The Balaban J connectivity index is 1.75. The van der Waals surface area contributed by atoms with Gasteiger partial charge in [0.2, 0.25) is 0 Å². The Morgan fingerprint density at radius 2 is 1.68 bits per heavy atom. The average molecular weight is 344 g/mol. The topological polar surface area (TPSA) is 35.0 Å². The molecule has 0 amide bonds. The van der Waals surface area contributed by atoms with Crippen molar-refractivity contribution in [2.24, 2.45) is 0 Å². The molecule has 0 radical (unpaired) electrons. The molecule has 2 rings (SSSR count). The van der Waals surface area contributed by atoms with Crippen molar-refractivity contribution < 1.29 is 9.13 Å². The van der Waals surface area contributed by atoms with Gasteiger partial charge >= 0.3 is 0 Å². The fourth-order valence-corrected chi connectivity index (χ4v) is 2.57. The van der Waals surface area contributed by atoms with E-state index in [0.29, 0.717) is 13.0 Å². The maximum atomic E-state index is 12.7. The highest BCUT2D eigenvalue weighted by Gasteiger charge is 2.02. The van der Waals surface area contributed by atoms with Crippen molar-refractivity contribution in [2.75, 3.05) is 6.61 Å². The summed E-state index contributed by atoms with van der Waals surface area (Å²) in [5.74, 6) is 1.67. The van der Waals surface area contributed by atoms with Gasteiger partial charge in [0.15, 0.2) is 0 Å². The first-order valence-electron chi connectivity index (χ1n) is 9.33. The first-order chi connectivity index (χ1) is 12.2. The average Bonchev–Trinajstić information content (AvgIpc) is 2.62. The fourth-order valence-electron chi connectivity index (χ4n) is 2.57. The number of alkyl halides is 1. The van der Waals surface area contributed by atoms with Crippen LogP contribution in [0.4, 0.5) is 4.39 Å². The Morgan fingerprint density at radius 1 is 0.960 bits per heavy atom. The van der Waals surface area contributed by atoms with E-state index in [-0.39, 0.29) is 0 Å². The Morgan fingerprint density at radius 3 is 2.32 bits per heavy atom. The van der Waals surface area contributed by atoms with E-state index in [2.05, 4.69) is 16.9 Å². The second-order valence-corrected chi connectivity index (χ2v) is 6.53. The molecule has 25 heavy (non-hydrogen) atoms. The second-order valence-electron chi connectivity index (χ2n) is 6.53. The summed E-state index contributed by atoms with van der Waals surface area (Å²) in [6.45, 7) is 4.17. The number of ether oxygens (including phenoxy) is 1. The predicted octanol–water partition coefficient (Wildman–Crippen LogP) is 5.12. The van der Waals surface area contributed by atoms with Crippen LogP contribution < -0.4 is 4.74 Å². The predicted molar refractivity (Wildman–Crippen MR) is 99.8 cm³/mol. The van der Waals surface area contributed by atoms with Crippen molar-refractivity contribution in [3.63, 3.8) is 0 Å². The van der Waals surface area contributed by atoms with Crippen molar-refractivity contribution in [1.29, 1.82) is 0 Å². The molecule has 4 heteroatoms. The van der Waals surface area contributed by atoms with Crippen LogP contribution in [0.1, 0.15) is 56.5 Å². The maximum absolute atomic E-state index is 12.7. The van der Waals surface area contributed by atoms with E-state index in [1.165, 1.54) is 30.4 Å². The minimum absolute atomic E-state index is 0.412. The van der Waals surface area contributed by atoms with Crippen LogP contribution in [0.15, 0.2) is 36.7 Å². The van der Waals surface area contributed by atoms with E-state index in [9.17, 15) is 4.39 Å². The van der Waals surface area contributed by atoms with Gasteiger partial charge < -0.3 is 4.74 Å². The van der Waals surface area contributed by atoms with Crippen molar-refractivity contribution in [1.82, 2.24) is 9.97 Å². The molecule has 0 aliphatic rings. The maximum Gasteiger partial charge on any atom is 0.128 e. The van der Waals surface area contributed by atoms with Crippen molar-refractivity contribution in [3.05, 3.63) is 53.6 Å². The molecule has 0 aliphatic carbocycles. The first kappa shape index (κ1) is 19.4. The highest BCUT2D eigenvalue weighted by atomic mass is 19.1. The molecule has 0 N–H and O–H groups in total. The van der Waals surface area contributed by atoms with Gasteiger partial charge in [-0.25, -0.2) is 14.4 Å². The van der Waals surface area contributed by atoms with Crippen LogP contribution in [0.25, 0.3) is 0 Å². The molecule has 0 bridgehead atoms. The molecule has 1 aromatic carbocycles. The molecular weight excluding hydrogens is 315 g/mol. The van der Waals surface area contributed by atoms with E-state index in [4.69, 9.17) is 4.74 Å². The van der Waals surface area contributed by atoms with Crippen LogP contribution in [0.3, 0.4) is 0 Å². The Kier molecular flexibility index (Phi) is 8.36. The lowest BCUT2D eigenvalue weighted by molar-refractivity contribution is 0.247. The van der Waals surface area contributed by atoms with E-state index in [0.717, 1.165) is 30.8 Å². The molecule has 0 saturated heterocycles. The van der Waals surface area contributed by atoms with Gasteiger partial charge in [0, 0.05) is 25.2 Å². The van der Waals surface area contributed by atoms with E-state index in [1.54, 1.807) is 6.92 Å². The Labute approximate surface area is 150 Å². The van der Waals surface area contributed by atoms with Gasteiger partial charge in [-0.15, -0.1) is 0 Å². The minimum atomic E-state index is -0.822. The molecule has 0 fully saturated rings. The lowest BCUT2D eigenvalue weighted by Gasteiger charge is -2.08. The summed E-state index contributed by atoms with van der Waals surface area (Å²) in [5, 5.41) is 0. The summed E-state index contributed by atoms with van der Waals surface area (Å²) >= 11 is 0. The molecule has 0 saturated carbocycles. The zero-order valence-electron chi connectivity index (χ0n) is 15.4. The number of nitrogens with zero attached hydrogens (tertiary/aromatic N) is 2. The third-order valence-electron chi connectivity index (χ3n) is 4.17. The van der Waals surface area contributed by atoms with Gasteiger partial charge in [-0.2, -0.15) is 0 Å². The number of hydrogen-bond acceptors (Lipinski definition) is 3. The number of halogens is 1. The second kappa shape index (κ2) is 10.8.